The molecule has 0 heterocycles. The van der Waals surface area contributed by atoms with Crippen LogP contribution in [0.2, 0.25) is 0 Å². The minimum absolute atomic E-state index is 0.101. The van der Waals surface area contributed by atoms with Crippen molar-refractivity contribution in [3.05, 3.63) is 29.8 Å². The number of carbonyl (C=O) groups excluding carboxylic acids is 3. The third-order valence-corrected chi connectivity index (χ3v) is 2.94. The SMILES string of the molecule is CC(C)NC(=O)NC(=O)COC(=O)COc1ccc(C(C)C)cc1. The van der Waals surface area contributed by atoms with E-state index in [0.29, 0.717) is 11.7 Å². The lowest BCUT2D eigenvalue weighted by molar-refractivity contribution is -0.150. The van der Waals surface area contributed by atoms with Crippen LogP contribution in [0.5, 0.6) is 5.75 Å². The summed E-state index contributed by atoms with van der Waals surface area (Å²) < 4.78 is 10.0. The minimum Gasteiger partial charge on any atom is -0.482 e. The number of urea groups is 1. The van der Waals surface area contributed by atoms with E-state index in [9.17, 15) is 14.4 Å². The summed E-state index contributed by atoms with van der Waals surface area (Å²) in [5.74, 6) is -0.447. The molecule has 0 aliphatic carbocycles. The standard InChI is InChI=1S/C17H24N2O5/c1-11(2)13-5-7-14(8-6-13)23-10-16(21)24-9-15(20)19-17(22)18-12(3)4/h5-8,11-12H,9-10H2,1-4H3,(H2,18,19,20,22). The maximum Gasteiger partial charge on any atom is 0.344 e. The quantitative estimate of drug-likeness (QED) is 0.743. The lowest BCUT2D eigenvalue weighted by Gasteiger charge is -2.10. The Balaban J connectivity index is 2.28. The Morgan fingerprint density at radius 3 is 2.17 bits per heavy atom. The summed E-state index contributed by atoms with van der Waals surface area (Å²) in [4.78, 5) is 34.2. The molecule has 0 aliphatic rings. The summed E-state index contributed by atoms with van der Waals surface area (Å²) in [6.45, 7) is 6.83. The van der Waals surface area contributed by atoms with Crippen molar-refractivity contribution in [3.8, 4) is 5.75 Å². The topological polar surface area (TPSA) is 93.7 Å². The molecular weight excluding hydrogens is 312 g/mol. The van der Waals surface area contributed by atoms with Gasteiger partial charge in [-0.1, -0.05) is 26.0 Å². The Kier molecular flexibility index (Phi) is 7.74. The molecule has 0 atom stereocenters. The summed E-state index contributed by atoms with van der Waals surface area (Å²) in [5.41, 5.74) is 1.17. The highest BCUT2D eigenvalue weighted by Crippen LogP contribution is 2.18. The van der Waals surface area contributed by atoms with E-state index in [4.69, 9.17) is 9.47 Å². The number of rotatable bonds is 7. The Hall–Kier alpha value is -2.57. The number of nitrogens with one attached hydrogen (secondary N) is 2. The first-order valence-electron chi connectivity index (χ1n) is 7.76. The molecule has 0 radical (unpaired) electrons. The molecule has 0 saturated carbocycles. The lowest BCUT2D eigenvalue weighted by atomic mass is 10.0. The molecule has 3 amide bonds. The van der Waals surface area contributed by atoms with Crippen LogP contribution in [-0.2, 0) is 14.3 Å². The summed E-state index contributed by atoms with van der Waals surface area (Å²) in [5, 5.41) is 4.53. The molecule has 1 rings (SSSR count). The molecule has 0 fully saturated rings. The van der Waals surface area contributed by atoms with Crippen molar-refractivity contribution in [1.29, 1.82) is 0 Å². The van der Waals surface area contributed by atoms with Gasteiger partial charge in [-0.25, -0.2) is 9.59 Å². The van der Waals surface area contributed by atoms with Crippen LogP contribution in [0.1, 0.15) is 39.2 Å². The van der Waals surface area contributed by atoms with Crippen LogP contribution < -0.4 is 15.4 Å². The third kappa shape index (κ3) is 7.62. The number of hydrogen-bond acceptors (Lipinski definition) is 5. The van der Waals surface area contributed by atoms with Crippen LogP contribution >= 0.6 is 0 Å². The van der Waals surface area contributed by atoms with Crippen molar-refractivity contribution in [3.63, 3.8) is 0 Å². The van der Waals surface area contributed by atoms with E-state index < -0.39 is 24.5 Å². The highest BCUT2D eigenvalue weighted by molar-refractivity contribution is 5.95. The molecule has 7 heteroatoms. The van der Waals surface area contributed by atoms with Gasteiger partial charge in [0.2, 0.25) is 0 Å². The highest BCUT2D eigenvalue weighted by atomic mass is 16.6. The smallest absolute Gasteiger partial charge is 0.344 e. The molecule has 0 bridgehead atoms. The fourth-order valence-corrected chi connectivity index (χ4v) is 1.74. The number of carbonyl (C=O) groups is 3. The maximum atomic E-state index is 11.5. The first kappa shape index (κ1) is 19.5. The van der Waals surface area contributed by atoms with Crippen molar-refractivity contribution in [2.24, 2.45) is 0 Å². The van der Waals surface area contributed by atoms with E-state index in [1.54, 1.807) is 26.0 Å². The van der Waals surface area contributed by atoms with Crippen molar-refractivity contribution in [2.75, 3.05) is 13.2 Å². The molecule has 2 N–H and O–H groups in total. The van der Waals surface area contributed by atoms with Gasteiger partial charge in [0, 0.05) is 6.04 Å². The second kappa shape index (κ2) is 9.54. The fourth-order valence-electron chi connectivity index (χ4n) is 1.74. The Labute approximate surface area is 141 Å². The predicted octanol–water partition coefficient (Wildman–Crippen LogP) is 1.97. The molecule has 0 unspecified atom stereocenters. The zero-order valence-electron chi connectivity index (χ0n) is 14.4. The van der Waals surface area contributed by atoms with E-state index in [-0.39, 0.29) is 12.6 Å². The van der Waals surface area contributed by atoms with Crippen molar-refractivity contribution >= 4 is 17.9 Å². The first-order valence-corrected chi connectivity index (χ1v) is 7.76. The summed E-state index contributed by atoms with van der Waals surface area (Å²) in [6.07, 6.45) is 0. The van der Waals surface area contributed by atoms with Crippen LogP contribution in [0.25, 0.3) is 0 Å². The second-order valence-corrected chi connectivity index (χ2v) is 5.85. The van der Waals surface area contributed by atoms with Gasteiger partial charge in [0.1, 0.15) is 5.75 Å². The molecule has 0 aromatic heterocycles. The van der Waals surface area contributed by atoms with E-state index in [2.05, 4.69) is 24.5 Å². The number of hydrogen-bond donors (Lipinski definition) is 2. The molecule has 7 nitrogen and oxygen atoms in total. The largest absolute Gasteiger partial charge is 0.482 e. The van der Waals surface area contributed by atoms with Gasteiger partial charge < -0.3 is 14.8 Å². The number of amides is 3. The van der Waals surface area contributed by atoms with Crippen LogP contribution in [0.4, 0.5) is 4.79 Å². The van der Waals surface area contributed by atoms with Gasteiger partial charge in [-0.15, -0.1) is 0 Å². The average molecular weight is 336 g/mol. The van der Waals surface area contributed by atoms with Gasteiger partial charge in [-0.05, 0) is 37.5 Å². The summed E-state index contributed by atoms with van der Waals surface area (Å²) in [7, 11) is 0. The molecule has 1 aromatic rings. The van der Waals surface area contributed by atoms with Gasteiger partial charge in [0.15, 0.2) is 13.2 Å². The Bertz CT molecular complexity index is 567. The highest BCUT2D eigenvalue weighted by Gasteiger charge is 2.12. The van der Waals surface area contributed by atoms with Gasteiger partial charge in [-0.3, -0.25) is 10.1 Å². The predicted molar refractivity (Wildman–Crippen MR) is 88.8 cm³/mol. The van der Waals surface area contributed by atoms with Gasteiger partial charge in [0.05, 0.1) is 0 Å². The molecular formula is C17H24N2O5. The van der Waals surface area contributed by atoms with E-state index >= 15 is 0 Å². The van der Waals surface area contributed by atoms with Gasteiger partial charge in [-0.2, -0.15) is 0 Å². The lowest BCUT2D eigenvalue weighted by Crippen LogP contribution is -2.44. The van der Waals surface area contributed by atoms with E-state index in [1.807, 2.05) is 12.1 Å². The fraction of sp³-hybridized carbons (Fsp3) is 0.471. The molecule has 132 valence electrons. The third-order valence-electron chi connectivity index (χ3n) is 2.94. The number of imide groups is 1. The zero-order valence-corrected chi connectivity index (χ0v) is 14.4. The number of ether oxygens (including phenoxy) is 2. The van der Waals surface area contributed by atoms with Crippen molar-refractivity contribution < 1.29 is 23.9 Å². The van der Waals surface area contributed by atoms with Gasteiger partial charge >= 0.3 is 12.0 Å². The number of benzene rings is 1. The van der Waals surface area contributed by atoms with E-state index in [0.717, 1.165) is 0 Å². The average Bonchev–Trinajstić information content (AvgIpc) is 2.50. The van der Waals surface area contributed by atoms with E-state index in [1.165, 1.54) is 5.56 Å². The zero-order chi connectivity index (χ0) is 18.1. The number of esters is 1. The minimum atomic E-state index is -0.706. The normalized spacial score (nSPS) is 10.4. The van der Waals surface area contributed by atoms with Crippen LogP contribution in [0.3, 0.4) is 0 Å². The van der Waals surface area contributed by atoms with Crippen LogP contribution in [-0.4, -0.2) is 37.2 Å². The molecule has 0 aliphatic heterocycles. The monoisotopic (exact) mass is 336 g/mol. The van der Waals surface area contributed by atoms with Crippen molar-refractivity contribution in [2.45, 2.75) is 39.7 Å². The molecule has 1 aromatic carbocycles. The first-order chi connectivity index (χ1) is 11.3. The molecule has 0 saturated heterocycles. The Morgan fingerprint density at radius 1 is 1.00 bits per heavy atom. The summed E-state index contributed by atoms with van der Waals surface area (Å²) in [6, 6.07) is 6.65. The van der Waals surface area contributed by atoms with Crippen LogP contribution in [0, 0.1) is 0 Å². The maximum absolute atomic E-state index is 11.5. The van der Waals surface area contributed by atoms with Crippen LogP contribution in [0.15, 0.2) is 24.3 Å². The second-order valence-electron chi connectivity index (χ2n) is 5.85. The Morgan fingerprint density at radius 2 is 1.62 bits per heavy atom. The van der Waals surface area contributed by atoms with Gasteiger partial charge in [0.25, 0.3) is 5.91 Å². The molecule has 24 heavy (non-hydrogen) atoms. The summed E-state index contributed by atoms with van der Waals surface area (Å²) >= 11 is 0. The van der Waals surface area contributed by atoms with Crippen molar-refractivity contribution in [1.82, 2.24) is 10.6 Å². The molecule has 0 spiro atoms.